The fourth-order valence-electron chi connectivity index (χ4n) is 5.80. The van der Waals surface area contributed by atoms with Crippen molar-refractivity contribution in [2.24, 2.45) is 11.8 Å². The van der Waals surface area contributed by atoms with Crippen molar-refractivity contribution in [3.63, 3.8) is 0 Å². The molecule has 0 aromatic heterocycles. The van der Waals surface area contributed by atoms with E-state index >= 15 is 0 Å². The minimum Gasteiger partial charge on any atom is -0.491 e. The molecule has 4 heteroatoms. The molecular weight excluding hydrogens is 446 g/mol. The van der Waals surface area contributed by atoms with Crippen LogP contribution in [0.15, 0.2) is 54.6 Å². The molecule has 2 aliphatic heterocycles. The van der Waals surface area contributed by atoms with Crippen LogP contribution in [0.3, 0.4) is 0 Å². The molecule has 2 fully saturated rings. The summed E-state index contributed by atoms with van der Waals surface area (Å²) in [6.07, 6.45) is 13.0. The molecule has 4 nitrogen and oxygen atoms in total. The van der Waals surface area contributed by atoms with E-state index in [2.05, 4.69) is 43.4 Å². The Balaban J connectivity index is 1.07. The lowest BCUT2D eigenvalue weighted by molar-refractivity contribution is 0.0679. The van der Waals surface area contributed by atoms with Crippen LogP contribution >= 0.6 is 0 Å². The molecule has 3 aliphatic rings. The van der Waals surface area contributed by atoms with Gasteiger partial charge in [0.25, 0.3) is 0 Å². The fraction of sp³-hybridized carbons (Fsp3) is 0.531. The number of ketones is 1. The van der Waals surface area contributed by atoms with E-state index in [1.54, 1.807) is 6.08 Å². The van der Waals surface area contributed by atoms with Crippen LogP contribution in [0.4, 0.5) is 0 Å². The van der Waals surface area contributed by atoms with Crippen molar-refractivity contribution in [3.05, 3.63) is 76.9 Å². The van der Waals surface area contributed by atoms with Crippen molar-refractivity contribution in [3.8, 4) is 5.75 Å². The predicted octanol–water partition coefficient (Wildman–Crippen LogP) is 6.11. The van der Waals surface area contributed by atoms with Gasteiger partial charge in [-0.15, -0.1) is 0 Å². The smallest absolute Gasteiger partial charge is 0.185 e. The molecule has 192 valence electrons. The zero-order chi connectivity index (χ0) is 24.9. The Bertz CT molecular complexity index is 1050. The summed E-state index contributed by atoms with van der Waals surface area (Å²) in [6, 6.07) is 16.0. The molecule has 0 amide bonds. The zero-order valence-corrected chi connectivity index (χ0v) is 21.9. The third kappa shape index (κ3) is 6.46. The fourth-order valence-corrected chi connectivity index (χ4v) is 5.80. The van der Waals surface area contributed by atoms with Crippen molar-refractivity contribution in [1.29, 1.82) is 0 Å². The van der Waals surface area contributed by atoms with Crippen molar-refractivity contribution in [2.75, 3.05) is 13.2 Å². The number of fused-ring (bicyclic) bond motifs is 1. The quantitative estimate of drug-likeness (QED) is 0.236. The summed E-state index contributed by atoms with van der Waals surface area (Å²) < 4.78 is 11.4. The van der Waals surface area contributed by atoms with Crippen LogP contribution in [0.2, 0.25) is 0 Å². The summed E-state index contributed by atoms with van der Waals surface area (Å²) in [7, 11) is 0. The molecular formula is C32H41NO3. The van der Waals surface area contributed by atoms with Gasteiger partial charge in [-0.2, -0.15) is 0 Å². The largest absolute Gasteiger partial charge is 0.491 e. The molecule has 36 heavy (non-hydrogen) atoms. The second-order valence-corrected chi connectivity index (χ2v) is 11.1. The highest BCUT2D eigenvalue weighted by atomic mass is 16.5. The number of allylic oxidation sites excluding steroid dienone is 2. The number of rotatable bonds is 11. The molecule has 2 saturated heterocycles. The predicted molar refractivity (Wildman–Crippen MR) is 145 cm³/mol. The third-order valence-corrected chi connectivity index (χ3v) is 8.38. The summed E-state index contributed by atoms with van der Waals surface area (Å²) in [4.78, 5) is 12.6. The molecule has 0 radical (unpaired) electrons. The van der Waals surface area contributed by atoms with E-state index < -0.39 is 0 Å². The van der Waals surface area contributed by atoms with Crippen LogP contribution in [0, 0.1) is 11.8 Å². The number of ether oxygens (including phenoxy) is 2. The van der Waals surface area contributed by atoms with E-state index in [9.17, 15) is 4.79 Å². The van der Waals surface area contributed by atoms with E-state index in [1.165, 1.54) is 29.5 Å². The lowest BCUT2D eigenvalue weighted by Gasteiger charge is -2.24. The van der Waals surface area contributed by atoms with Gasteiger partial charge in [-0.3, -0.25) is 4.79 Å². The lowest BCUT2D eigenvalue weighted by Crippen LogP contribution is -2.16. The van der Waals surface area contributed by atoms with Gasteiger partial charge in [-0.05, 0) is 104 Å². The van der Waals surface area contributed by atoms with Gasteiger partial charge in [0.15, 0.2) is 5.78 Å². The maximum absolute atomic E-state index is 12.6. The first-order chi connectivity index (χ1) is 17.6. The Labute approximate surface area is 216 Å². The van der Waals surface area contributed by atoms with Crippen molar-refractivity contribution in [2.45, 2.75) is 83.4 Å². The van der Waals surface area contributed by atoms with Crippen LogP contribution in [-0.2, 0) is 24.0 Å². The maximum atomic E-state index is 12.6. The van der Waals surface area contributed by atoms with Crippen molar-refractivity contribution < 1.29 is 14.3 Å². The summed E-state index contributed by atoms with van der Waals surface area (Å²) in [5, 5.41) is 3.67. The molecule has 2 heterocycles. The first kappa shape index (κ1) is 25.2. The van der Waals surface area contributed by atoms with E-state index in [0.717, 1.165) is 56.8 Å². The molecule has 0 spiro atoms. The van der Waals surface area contributed by atoms with Crippen molar-refractivity contribution in [1.82, 2.24) is 5.32 Å². The van der Waals surface area contributed by atoms with Gasteiger partial charge in [-0.1, -0.05) is 44.5 Å². The highest BCUT2D eigenvalue weighted by Crippen LogP contribution is 2.31. The van der Waals surface area contributed by atoms with E-state index in [0.29, 0.717) is 30.2 Å². The molecule has 0 bridgehead atoms. The summed E-state index contributed by atoms with van der Waals surface area (Å²) >= 11 is 0. The van der Waals surface area contributed by atoms with E-state index in [-0.39, 0.29) is 11.9 Å². The monoisotopic (exact) mass is 487 g/mol. The maximum Gasteiger partial charge on any atom is 0.185 e. The summed E-state index contributed by atoms with van der Waals surface area (Å²) in [5.74, 6) is 2.23. The topological polar surface area (TPSA) is 57.5 Å². The van der Waals surface area contributed by atoms with Gasteiger partial charge >= 0.3 is 0 Å². The van der Waals surface area contributed by atoms with Gasteiger partial charge < -0.3 is 14.8 Å². The molecule has 3 unspecified atom stereocenters. The standard InChI is InChI=1S/C32H41NO3/c1-3-22(2)32-30(33-32)20-24-10-12-26-18-23(9-11-27(26)19-24)6-4-8-31(34)25-13-15-28(16-14-25)36-21-29-7-5-17-35-29/h4,8,10,12-16,19,22-23,29-30,32-33H,3,5-7,9,11,17-18,20-21H2,1-2H3/t22?,23-,29-,30?,32?/m0/s1. The average molecular weight is 488 g/mol. The van der Waals surface area contributed by atoms with Crippen LogP contribution in [-0.4, -0.2) is 37.2 Å². The number of carbonyl (C=O) groups excluding carboxylic acids is 1. The van der Waals surface area contributed by atoms with Gasteiger partial charge in [0.2, 0.25) is 0 Å². The highest BCUT2D eigenvalue weighted by molar-refractivity contribution is 6.04. The van der Waals surface area contributed by atoms with Crippen molar-refractivity contribution >= 4 is 5.78 Å². The molecule has 1 N–H and O–H groups in total. The average Bonchev–Trinajstić information content (AvgIpc) is 3.46. The van der Waals surface area contributed by atoms with Gasteiger partial charge in [-0.25, -0.2) is 0 Å². The number of benzene rings is 2. The number of carbonyl (C=O) groups is 1. The molecule has 2 aromatic rings. The minimum absolute atomic E-state index is 0.0610. The molecule has 0 saturated carbocycles. The van der Waals surface area contributed by atoms with Gasteiger partial charge in [0.05, 0.1) is 6.10 Å². The second kappa shape index (κ2) is 11.7. The number of aryl methyl sites for hydroxylation is 1. The molecule has 2 aromatic carbocycles. The Kier molecular flexibility index (Phi) is 8.23. The zero-order valence-electron chi connectivity index (χ0n) is 21.9. The third-order valence-electron chi connectivity index (χ3n) is 8.38. The Morgan fingerprint density at radius 1 is 1.17 bits per heavy atom. The van der Waals surface area contributed by atoms with Crippen LogP contribution in [0.25, 0.3) is 0 Å². The SMILES string of the molecule is CCC(C)C1NC1Cc1ccc2c(c1)CC[C@H](CC=CC(=O)c1ccc(OC[C@@H]3CCCO3)cc1)C2. The first-order valence-electron chi connectivity index (χ1n) is 14.0. The number of nitrogens with one attached hydrogen (secondary N) is 1. The Hall–Kier alpha value is -2.43. The van der Waals surface area contributed by atoms with E-state index in [1.807, 2.05) is 24.3 Å². The normalized spacial score (nSPS) is 26.1. The molecule has 5 rings (SSSR count). The highest BCUT2D eigenvalue weighted by Gasteiger charge is 2.39. The van der Waals surface area contributed by atoms with Crippen LogP contribution in [0.5, 0.6) is 5.75 Å². The van der Waals surface area contributed by atoms with Gasteiger partial charge in [0, 0.05) is 24.3 Å². The van der Waals surface area contributed by atoms with Crippen LogP contribution in [0.1, 0.15) is 73.0 Å². The molecule has 1 aliphatic carbocycles. The Morgan fingerprint density at radius 3 is 2.81 bits per heavy atom. The van der Waals surface area contributed by atoms with Crippen LogP contribution < -0.4 is 10.1 Å². The van der Waals surface area contributed by atoms with Gasteiger partial charge in [0.1, 0.15) is 12.4 Å². The minimum atomic E-state index is 0.0610. The number of hydrogen-bond donors (Lipinski definition) is 1. The summed E-state index contributed by atoms with van der Waals surface area (Å²) in [5.41, 5.74) is 5.21. The lowest BCUT2D eigenvalue weighted by atomic mass is 9.81. The van der Waals surface area contributed by atoms with E-state index in [4.69, 9.17) is 9.47 Å². The summed E-state index contributed by atoms with van der Waals surface area (Å²) in [6.45, 7) is 6.05. The Morgan fingerprint density at radius 2 is 2.03 bits per heavy atom. The molecule has 5 atom stereocenters. The second-order valence-electron chi connectivity index (χ2n) is 11.1. The first-order valence-corrected chi connectivity index (χ1v) is 14.0. The number of hydrogen-bond acceptors (Lipinski definition) is 4.